The molecule has 1 fully saturated rings. The van der Waals surface area contributed by atoms with E-state index in [1.54, 1.807) is 12.4 Å². The number of rotatable bonds is 9. The summed E-state index contributed by atoms with van der Waals surface area (Å²) < 4.78 is 21.9. The Morgan fingerprint density at radius 2 is 2.21 bits per heavy atom. The van der Waals surface area contributed by atoms with Gasteiger partial charge in [0.25, 0.3) is 0 Å². The van der Waals surface area contributed by atoms with E-state index in [9.17, 15) is 4.39 Å². The molecule has 1 heterocycles. The number of guanidine groups is 1. The molecule has 0 bridgehead atoms. The summed E-state index contributed by atoms with van der Waals surface area (Å²) in [6, 6.07) is 5.00. The van der Waals surface area contributed by atoms with Gasteiger partial charge in [0, 0.05) is 13.1 Å². The lowest BCUT2D eigenvalue weighted by molar-refractivity contribution is 0.285. The maximum absolute atomic E-state index is 14.4. The van der Waals surface area contributed by atoms with E-state index in [2.05, 4.69) is 25.8 Å². The summed E-state index contributed by atoms with van der Waals surface area (Å²) in [6.07, 6.45) is 4.06. The molecule has 0 spiro atoms. The molecule has 1 aromatic heterocycles. The van der Waals surface area contributed by atoms with Crippen molar-refractivity contribution in [3.63, 3.8) is 0 Å². The highest BCUT2D eigenvalue weighted by Gasteiger charge is 2.22. The zero-order valence-corrected chi connectivity index (χ0v) is 16.8. The van der Waals surface area contributed by atoms with Crippen LogP contribution in [0.2, 0.25) is 0 Å². The van der Waals surface area contributed by atoms with Crippen molar-refractivity contribution in [2.75, 3.05) is 13.2 Å². The Hall–Kier alpha value is -2.64. The Kier molecular flexibility index (Phi) is 6.84. The molecule has 0 aliphatic heterocycles. The summed E-state index contributed by atoms with van der Waals surface area (Å²) >= 11 is 0. The van der Waals surface area contributed by atoms with E-state index in [0.717, 1.165) is 24.5 Å². The number of nitrogens with zero attached hydrogens (tertiary/aromatic N) is 4. The smallest absolute Gasteiger partial charge is 0.192 e. The van der Waals surface area contributed by atoms with Crippen LogP contribution in [0.25, 0.3) is 0 Å². The van der Waals surface area contributed by atoms with Crippen LogP contribution in [0.15, 0.2) is 29.5 Å². The number of benzene rings is 1. The topological polar surface area (TPSA) is 76.4 Å². The van der Waals surface area contributed by atoms with Gasteiger partial charge in [0.15, 0.2) is 23.4 Å². The molecule has 28 heavy (non-hydrogen) atoms. The van der Waals surface area contributed by atoms with Gasteiger partial charge in [-0.25, -0.2) is 9.38 Å². The Balaban J connectivity index is 1.63. The van der Waals surface area contributed by atoms with Gasteiger partial charge in [0.1, 0.15) is 12.9 Å². The molecule has 1 saturated carbocycles. The highest BCUT2D eigenvalue weighted by Crippen LogP contribution is 2.30. The number of nitrogens with one attached hydrogen (secondary N) is 2. The monoisotopic (exact) mass is 388 g/mol. The van der Waals surface area contributed by atoms with E-state index in [1.165, 1.54) is 18.9 Å². The lowest BCUT2D eigenvalue weighted by atomic mass is 10.1. The van der Waals surface area contributed by atoms with Crippen LogP contribution in [0.3, 0.4) is 0 Å². The standard InChI is InChI=1S/C20H29FN6O/c1-4-22-20(23-11-19-26-24-13-27(19)5-2)25-14(3)16-8-9-18(17(21)10-16)28-12-15-6-7-15/h8-10,13-15H,4-7,11-12H2,1-3H3,(H2,22,23,25). The highest BCUT2D eigenvalue weighted by atomic mass is 19.1. The Morgan fingerprint density at radius 3 is 2.89 bits per heavy atom. The second-order valence-corrected chi connectivity index (χ2v) is 7.04. The lowest BCUT2D eigenvalue weighted by Gasteiger charge is -2.19. The summed E-state index contributed by atoms with van der Waals surface area (Å²) in [5, 5.41) is 14.5. The van der Waals surface area contributed by atoms with Gasteiger partial charge in [0.2, 0.25) is 0 Å². The average molecular weight is 388 g/mol. The van der Waals surface area contributed by atoms with Crippen molar-refractivity contribution in [2.45, 2.75) is 52.7 Å². The predicted octanol–water partition coefficient (Wildman–Crippen LogP) is 3.04. The van der Waals surface area contributed by atoms with Crippen LogP contribution in [-0.4, -0.2) is 33.9 Å². The van der Waals surface area contributed by atoms with Crippen LogP contribution in [0.4, 0.5) is 4.39 Å². The molecule has 3 rings (SSSR count). The van der Waals surface area contributed by atoms with E-state index in [1.807, 2.05) is 31.4 Å². The van der Waals surface area contributed by atoms with Crippen molar-refractivity contribution in [3.05, 3.63) is 41.7 Å². The number of aromatic nitrogens is 3. The number of aryl methyl sites for hydroxylation is 1. The summed E-state index contributed by atoms with van der Waals surface area (Å²) in [5.74, 6) is 2.04. The fraction of sp³-hybridized carbons (Fsp3) is 0.550. The third kappa shape index (κ3) is 5.43. The first-order chi connectivity index (χ1) is 13.6. The Bertz CT molecular complexity index is 802. The van der Waals surface area contributed by atoms with E-state index in [0.29, 0.717) is 30.8 Å². The molecule has 1 atom stereocenters. The fourth-order valence-electron chi connectivity index (χ4n) is 2.82. The van der Waals surface area contributed by atoms with Crippen molar-refractivity contribution < 1.29 is 9.13 Å². The molecule has 1 aliphatic carbocycles. The molecule has 8 heteroatoms. The molecule has 0 amide bonds. The minimum Gasteiger partial charge on any atom is -0.490 e. The van der Waals surface area contributed by atoms with Gasteiger partial charge in [0.05, 0.1) is 12.6 Å². The molecular weight excluding hydrogens is 359 g/mol. The predicted molar refractivity (Wildman–Crippen MR) is 107 cm³/mol. The minimum absolute atomic E-state index is 0.117. The first-order valence-electron chi connectivity index (χ1n) is 9.94. The van der Waals surface area contributed by atoms with Crippen molar-refractivity contribution in [1.82, 2.24) is 25.4 Å². The second kappa shape index (κ2) is 9.52. The normalized spacial score (nSPS) is 15.4. The molecule has 1 unspecified atom stereocenters. The van der Waals surface area contributed by atoms with Crippen LogP contribution < -0.4 is 15.4 Å². The van der Waals surface area contributed by atoms with Crippen LogP contribution >= 0.6 is 0 Å². The van der Waals surface area contributed by atoms with Gasteiger partial charge in [-0.1, -0.05) is 6.07 Å². The van der Waals surface area contributed by atoms with Crippen molar-refractivity contribution in [3.8, 4) is 5.75 Å². The summed E-state index contributed by atoms with van der Waals surface area (Å²) in [5.41, 5.74) is 0.832. The fourth-order valence-corrected chi connectivity index (χ4v) is 2.82. The SMILES string of the molecule is CCNC(=NCc1nncn1CC)NC(C)c1ccc(OCC2CC2)c(F)c1. The minimum atomic E-state index is -0.329. The van der Waals surface area contributed by atoms with Crippen LogP contribution in [0, 0.1) is 11.7 Å². The number of ether oxygens (including phenoxy) is 1. The molecule has 1 aromatic carbocycles. The van der Waals surface area contributed by atoms with Crippen LogP contribution in [0.1, 0.15) is 51.0 Å². The van der Waals surface area contributed by atoms with E-state index >= 15 is 0 Å². The van der Waals surface area contributed by atoms with Crippen LogP contribution in [-0.2, 0) is 13.1 Å². The van der Waals surface area contributed by atoms with Crippen molar-refractivity contribution in [2.24, 2.45) is 10.9 Å². The number of aliphatic imine (C=N–C) groups is 1. The third-order valence-electron chi connectivity index (χ3n) is 4.74. The van der Waals surface area contributed by atoms with E-state index in [-0.39, 0.29) is 11.9 Å². The molecule has 0 radical (unpaired) electrons. The molecular formula is C20H29FN6O. The number of halogens is 1. The second-order valence-electron chi connectivity index (χ2n) is 7.04. The highest BCUT2D eigenvalue weighted by molar-refractivity contribution is 5.80. The summed E-state index contributed by atoms with van der Waals surface area (Å²) in [6.45, 7) is 8.55. The first-order valence-corrected chi connectivity index (χ1v) is 9.94. The Labute approximate surface area is 165 Å². The molecule has 1 aliphatic rings. The van der Waals surface area contributed by atoms with Gasteiger partial charge in [-0.2, -0.15) is 0 Å². The molecule has 2 aromatic rings. The van der Waals surface area contributed by atoms with Crippen molar-refractivity contribution >= 4 is 5.96 Å². The Morgan fingerprint density at radius 1 is 1.39 bits per heavy atom. The van der Waals surface area contributed by atoms with Gasteiger partial charge < -0.3 is 19.9 Å². The van der Waals surface area contributed by atoms with E-state index in [4.69, 9.17) is 4.74 Å². The van der Waals surface area contributed by atoms with Gasteiger partial charge in [-0.15, -0.1) is 10.2 Å². The first kappa shape index (κ1) is 20.1. The molecule has 7 nitrogen and oxygen atoms in total. The average Bonchev–Trinajstić information content (AvgIpc) is 3.41. The van der Waals surface area contributed by atoms with Crippen LogP contribution in [0.5, 0.6) is 5.75 Å². The lowest BCUT2D eigenvalue weighted by Crippen LogP contribution is -2.38. The molecule has 152 valence electrons. The molecule has 2 N–H and O–H groups in total. The number of hydrogen-bond donors (Lipinski definition) is 2. The largest absolute Gasteiger partial charge is 0.490 e. The number of hydrogen-bond acceptors (Lipinski definition) is 4. The van der Waals surface area contributed by atoms with Crippen molar-refractivity contribution in [1.29, 1.82) is 0 Å². The van der Waals surface area contributed by atoms with Gasteiger partial charge in [-0.3, -0.25) is 0 Å². The summed E-state index contributed by atoms with van der Waals surface area (Å²) in [4.78, 5) is 4.58. The zero-order chi connectivity index (χ0) is 19.9. The third-order valence-corrected chi connectivity index (χ3v) is 4.74. The molecule has 0 saturated heterocycles. The van der Waals surface area contributed by atoms with E-state index < -0.39 is 0 Å². The van der Waals surface area contributed by atoms with Gasteiger partial charge in [-0.05, 0) is 57.2 Å². The summed E-state index contributed by atoms with van der Waals surface area (Å²) in [7, 11) is 0. The quantitative estimate of drug-likeness (QED) is 0.510. The maximum Gasteiger partial charge on any atom is 0.192 e. The zero-order valence-electron chi connectivity index (χ0n) is 16.8. The van der Waals surface area contributed by atoms with Gasteiger partial charge >= 0.3 is 0 Å². The maximum atomic E-state index is 14.4.